The van der Waals surface area contributed by atoms with Crippen LogP contribution in [0.4, 0.5) is 0 Å². The highest BCUT2D eigenvalue weighted by molar-refractivity contribution is 7.99. The molecule has 0 fully saturated rings. The smallest absolute Gasteiger partial charge is 0.335 e. The minimum Gasteiger partial charge on any atom is -0.493 e. The highest BCUT2D eigenvalue weighted by Crippen LogP contribution is 2.18. The zero-order chi connectivity index (χ0) is 15.9. The van der Waals surface area contributed by atoms with Gasteiger partial charge in [0.1, 0.15) is 11.6 Å². The van der Waals surface area contributed by atoms with E-state index < -0.39 is 5.97 Å². The lowest BCUT2D eigenvalue weighted by Crippen LogP contribution is -2.05. The number of nitrogens with zero attached hydrogens (tertiary/aromatic N) is 3. The Labute approximate surface area is 133 Å². The van der Waals surface area contributed by atoms with Gasteiger partial charge in [-0.3, -0.25) is 0 Å². The monoisotopic (exact) mass is 321 g/mol. The second kappa shape index (κ2) is 7.84. The number of aryl methyl sites for hydroxylation is 1. The zero-order valence-electron chi connectivity index (χ0n) is 12.7. The summed E-state index contributed by atoms with van der Waals surface area (Å²) < 4.78 is 7.68. The average Bonchev–Trinajstić information content (AvgIpc) is 2.93. The summed E-state index contributed by atoms with van der Waals surface area (Å²) >= 11 is 1.59. The molecule has 7 heteroatoms. The Bertz CT molecular complexity index is 643. The van der Waals surface area contributed by atoms with Gasteiger partial charge < -0.3 is 14.4 Å². The first-order valence-corrected chi connectivity index (χ1v) is 8.15. The van der Waals surface area contributed by atoms with Crippen LogP contribution in [0.2, 0.25) is 0 Å². The lowest BCUT2D eigenvalue weighted by atomic mass is 10.2. The Kier molecular flexibility index (Phi) is 5.83. The Hall–Kier alpha value is -2.02. The van der Waals surface area contributed by atoms with Gasteiger partial charge in [0.05, 0.1) is 12.2 Å². The van der Waals surface area contributed by atoms with E-state index in [-0.39, 0.29) is 5.56 Å². The Morgan fingerprint density at radius 2 is 2.18 bits per heavy atom. The van der Waals surface area contributed by atoms with Gasteiger partial charge in [-0.2, -0.15) is 0 Å². The first-order chi connectivity index (χ1) is 10.7. The fourth-order valence-electron chi connectivity index (χ4n) is 2.02. The topological polar surface area (TPSA) is 77.2 Å². The SMILES string of the molecule is CCc1nnc(SCCOc2cccc(C(=O)O)c2)n1CC. The maximum Gasteiger partial charge on any atom is 0.335 e. The van der Waals surface area contributed by atoms with Crippen LogP contribution in [0.25, 0.3) is 0 Å². The van der Waals surface area contributed by atoms with E-state index in [4.69, 9.17) is 9.84 Å². The van der Waals surface area contributed by atoms with Gasteiger partial charge in [-0.1, -0.05) is 24.8 Å². The van der Waals surface area contributed by atoms with Crippen LogP contribution >= 0.6 is 11.8 Å². The van der Waals surface area contributed by atoms with Crippen LogP contribution < -0.4 is 4.74 Å². The number of carboxylic acids is 1. The van der Waals surface area contributed by atoms with Gasteiger partial charge in [0.2, 0.25) is 0 Å². The van der Waals surface area contributed by atoms with Gasteiger partial charge >= 0.3 is 5.97 Å². The van der Waals surface area contributed by atoms with Gasteiger partial charge in [0, 0.05) is 18.7 Å². The van der Waals surface area contributed by atoms with Crippen molar-refractivity contribution >= 4 is 17.7 Å². The van der Waals surface area contributed by atoms with Crippen molar-refractivity contribution < 1.29 is 14.6 Å². The number of thioether (sulfide) groups is 1. The summed E-state index contributed by atoms with van der Waals surface area (Å²) in [6.07, 6.45) is 0.861. The van der Waals surface area contributed by atoms with Gasteiger partial charge in [-0.25, -0.2) is 4.79 Å². The van der Waals surface area contributed by atoms with Crippen LogP contribution in [-0.2, 0) is 13.0 Å². The highest BCUT2D eigenvalue weighted by atomic mass is 32.2. The number of carbonyl (C=O) groups is 1. The van der Waals surface area contributed by atoms with Crippen molar-refractivity contribution in [2.45, 2.75) is 32.0 Å². The summed E-state index contributed by atoms with van der Waals surface area (Å²) in [6, 6.07) is 6.49. The maximum atomic E-state index is 10.9. The van der Waals surface area contributed by atoms with Crippen LogP contribution in [0.1, 0.15) is 30.0 Å². The summed E-state index contributed by atoms with van der Waals surface area (Å²) in [5, 5.41) is 18.2. The standard InChI is InChI=1S/C15H19N3O3S/c1-3-13-16-17-15(18(13)4-2)22-9-8-21-12-7-5-6-11(10-12)14(19)20/h5-7,10H,3-4,8-9H2,1-2H3,(H,19,20). The molecular formula is C15H19N3O3S. The largest absolute Gasteiger partial charge is 0.493 e. The molecule has 1 aromatic heterocycles. The lowest BCUT2D eigenvalue weighted by molar-refractivity contribution is 0.0696. The molecule has 1 N–H and O–H groups in total. The molecule has 0 amide bonds. The lowest BCUT2D eigenvalue weighted by Gasteiger charge is -2.08. The third kappa shape index (κ3) is 4.00. The van der Waals surface area contributed by atoms with Gasteiger partial charge in [0.15, 0.2) is 5.16 Å². The van der Waals surface area contributed by atoms with Gasteiger partial charge in [-0.15, -0.1) is 10.2 Å². The number of hydrogen-bond donors (Lipinski definition) is 1. The number of hydrogen-bond acceptors (Lipinski definition) is 5. The van der Waals surface area contributed by atoms with Crippen LogP contribution in [-0.4, -0.2) is 38.2 Å². The molecule has 1 heterocycles. The number of ether oxygens (including phenoxy) is 1. The van der Waals surface area contributed by atoms with E-state index in [1.54, 1.807) is 30.0 Å². The Balaban J connectivity index is 1.86. The molecule has 0 saturated heterocycles. The van der Waals surface area contributed by atoms with Crippen molar-refractivity contribution in [3.63, 3.8) is 0 Å². The molecule has 0 saturated carbocycles. The second-order valence-corrected chi connectivity index (χ2v) is 5.59. The van der Waals surface area contributed by atoms with E-state index in [0.717, 1.165) is 29.7 Å². The summed E-state index contributed by atoms with van der Waals surface area (Å²) in [5.41, 5.74) is 0.225. The van der Waals surface area contributed by atoms with Crippen LogP contribution in [0.3, 0.4) is 0 Å². The average molecular weight is 321 g/mol. The van der Waals surface area contributed by atoms with Crippen molar-refractivity contribution in [2.75, 3.05) is 12.4 Å². The summed E-state index contributed by atoms with van der Waals surface area (Å²) in [5.74, 6) is 1.31. The van der Waals surface area contributed by atoms with Gasteiger partial charge in [-0.05, 0) is 25.1 Å². The molecule has 0 unspecified atom stereocenters. The van der Waals surface area contributed by atoms with Crippen molar-refractivity contribution in [3.8, 4) is 5.75 Å². The first kappa shape index (κ1) is 16.4. The molecule has 0 aliphatic rings. The minimum absolute atomic E-state index is 0.225. The minimum atomic E-state index is -0.956. The number of carboxylic acid groups (broad SMARTS) is 1. The van der Waals surface area contributed by atoms with Crippen molar-refractivity contribution in [2.24, 2.45) is 0 Å². The number of benzene rings is 1. The zero-order valence-corrected chi connectivity index (χ0v) is 13.5. The molecular weight excluding hydrogens is 302 g/mol. The van der Waals surface area contributed by atoms with Crippen LogP contribution in [0.5, 0.6) is 5.75 Å². The molecule has 0 bridgehead atoms. The van der Waals surface area contributed by atoms with Crippen LogP contribution in [0.15, 0.2) is 29.4 Å². The van der Waals surface area contributed by atoms with E-state index >= 15 is 0 Å². The van der Waals surface area contributed by atoms with E-state index in [1.807, 2.05) is 0 Å². The molecule has 0 aliphatic carbocycles. The predicted octanol–water partition coefficient (Wildman–Crippen LogP) is 2.73. The third-order valence-corrected chi connectivity index (χ3v) is 4.02. The van der Waals surface area contributed by atoms with E-state index in [2.05, 4.69) is 28.6 Å². The third-order valence-electron chi connectivity index (χ3n) is 3.09. The molecule has 0 radical (unpaired) electrons. The van der Waals surface area contributed by atoms with Crippen molar-refractivity contribution in [3.05, 3.63) is 35.7 Å². The fraction of sp³-hybridized carbons (Fsp3) is 0.400. The Morgan fingerprint density at radius 1 is 1.36 bits per heavy atom. The summed E-state index contributed by atoms with van der Waals surface area (Å²) in [6.45, 7) is 5.45. The molecule has 6 nitrogen and oxygen atoms in total. The normalized spacial score (nSPS) is 10.6. The van der Waals surface area contributed by atoms with E-state index in [1.165, 1.54) is 6.07 Å². The van der Waals surface area contributed by atoms with E-state index in [9.17, 15) is 4.79 Å². The molecule has 0 spiro atoms. The van der Waals surface area contributed by atoms with Crippen molar-refractivity contribution in [1.82, 2.24) is 14.8 Å². The highest BCUT2D eigenvalue weighted by Gasteiger charge is 2.09. The quantitative estimate of drug-likeness (QED) is 0.595. The van der Waals surface area contributed by atoms with E-state index in [0.29, 0.717) is 12.4 Å². The molecule has 2 rings (SSSR count). The molecule has 1 aromatic carbocycles. The predicted molar refractivity (Wildman–Crippen MR) is 84.7 cm³/mol. The second-order valence-electron chi connectivity index (χ2n) is 4.53. The molecule has 118 valence electrons. The number of aromatic carboxylic acids is 1. The Morgan fingerprint density at radius 3 is 2.86 bits per heavy atom. The number of rotatable bonds is 8. The van der Waals surface area contributed by atoms with Gasteiger partial charge in [0.25, 0.3) is 0 Å². The first-order valence-electron chi connectivity index (χ1n) is 7.16. The van der Waals surface area contributed by atoms with Crippen LogP contribution in [0, 0.1) is 0 Å². The molecule has 22 heavy (non-hydrogen) atoms. The summed E-state index contributed by atoms with van der Waals surface area (Å²) in [4.78, 5) is 10.9. The summed E-state index contributed by atoms with van der Waals surface area (Å²) in [7, 11) is 0. The molecule has 0 aliphatic heterocycles. The van der Waals surface area contributed by atoms with Crippen molar-refractivity contribution in [1.29, 1.82) is 0 Å². The maximum absolute atomic E-state index is 10.9. The molecule has 2 aromatic rings. The molecule has 0 atom stereocenters. The number of aromatic nitrogens is 3. The fourth-order valence-corrected chi connectivity index (χ4v) is 2.85.